The molecule has 2 aromatic rings. The van der Waals surface area contributed by atoms with Gasteiger partial charge in [-0.3, -0.25) is 9.59 Å². The maximum atomic E-state index is 12.2. The summed E-state index contributed by atoms with van der Waals surface area (Å²) >= 11 is 0. The van der Waals surface area contributed by atoms with Crippen LogP contribution in [-0.4, -0.2) is 41.3 Å². The van der Waals surface area contributed by atoms with Gasteiger partial charge in [0.25, 0.3) is 0 Å². The van der Waals surface area contributed by atoms with Crippen LogP contribution < -0.4 is 14.8 Å². The van der Waals surface area contributed by atoms with Crippen LogP contribution in [0.5, 0.6) is 11.5 Å². The van der Waals surface area contributed by atoms with Crippen molar-refractivity contribution in [2.45, 2.75) is 32.2 Å². The van der Waals surface area contributed by atoms with Crippen molar-refractivity contribution in [3.05, 3.63) is 35.5 Å². The standard InChI is InChI=1S/C17H21N3O6/c1-10-18-16(26-20-10)7-6-15(21)19-12(9-17(22)23)11-4-5-13(24-2)14(8-11)25-3/h4-5,8,12H,6-7,9H2,1-3H3,(H,19,21)(H,22,23). The van der Waals surface area contributed by atoms with Gasteiger partial charge in [0.2, 0.25) is 11.8 Å². The molecule has 2 N–H and O–H groups in total. The molecular formula is C17H21N3O6. The second-order valence-electron chi connectivity index (χ2n) is 5.57. The van der Waals surface area contributed by atoms with Crippen molar-refractivity contribution in [3.8, 4) is 11.5 Å². The molecule has 9 heteroatoms. The van der Waals surface area contributed by atoms with E-state index in [2.05, 4.69) is 15.5 Å². The van der Waals surface area contributed by atoms with Gasteiger partial charge < -0.3 is 24.4 Å². The number of aliphatic carboxylic acids is 1. The largest absolute Gasteiger partial charge is 0.493 e. The zero-order valence-corrected chi connectivity index (χ0v) is 14.8. The Morgan fingerprint density at radius 1 is 1.27 bits per heavy atom. The van der Waals surface area contributed by atoms with Gasteiger partial charge in [0.05, 0.1) is 26.7 Å². The van der Waals surface area contributed by atoms with E-state index >= 15 is 0 Å². The number of hydrogen-bond donors (Lipinski definition) is 2. The van der Waals surface area contributed by atoms with Crippen LogP contribution >= 0.6 is 0 Å². The number of rotatable bonds is 9. The Kier molecular flexibility index (Phi) is 6.54. The van der Waals surface area contributed by atoms with Crippen LogP contribution in [0.1, 0.15) is 36.2 Å². The Morgan fingerprint density at radius 3 is 2.58 bits per heavy atom. The summed E-state index contributed by atoms with van der Waals surface area (Å²) in [4.78, 5) is 27.4. The zero-order chi connectivity index (χ0) is 19.1. The summed E-state index contributed by atoms with van der Waals surface area (Å²) in [6, 6.07) is 4.30. The van der Waals surface area contributed by atoms with Crippen LogP contribution in [0.3, 0.4) is 0 Å². The molecule has 1 amide bonds. The zero-order valence-electron chi connectivity index (χ0n) is 14.8. The highest BCUT2D eigenvalue weighted by Crippen LogP contribution is 2.31. The molecule has 1 aromatic carbocycles. The Balaban J connectivity index is 2.08. The van der Waals surface area contributed by atoms with E-state index in [1.165, 1.54) is 14.2 Å². The van der Waals surface area contributed by atoms with Crippen molar-refractivity contribution in [1.82, 2.24) is 15.5 Å². The molecule has 0 bridgehead atoms. The third-order valence-corrected chi connectivity index (χ3v) is 3.66. The van der Waals surface area contributed by atoms with Gasteiger partial charge in [0.15, 0.2) is 17.3 Å². The van der Waals surface area contributed by atoms with E-state index in [0.717, 1.165) is 0 Å². The van der Waals surface area contributed by atoms with Gasteiger partial charge in [0, 0.05) is 12.8 Å². The molecule has 0 aliphatic carbocycles. The number of aryl methyl sites for hydroxylation is 2. The molecule has 0 radical (unpaired) electrons. The number of aromatic nitrogens is 2. The molecule has 0 aliphatic rings. The third-order valence-electron chi connectivity index (χ3n) is 3.66. The number of amides is 1. The fraction of sp³-hybridized carbons (Fsp3) is 0.412. The van der Waals surface area contributed by atoms with Gasteiger partial charge in [-0.1, -0.05) is 11.2 Å². The third kappa shape index (κ3) is 5.20. The summed E-state index contributed by atoms with van der Waals surface area (Å²) in [5.41, 5.74) is 0.604. The summed E-state index contributed by atoms with van der Waals surface area (Å²) in [6.45, 7) is 1.69. The first kappa shape index (κ1) is 19.2. The van der Waals surface area contributed by atoms with Crippen LogP contribution in [0, 0.1) is 6.92 Å². The molecule has 0 spiro atoms. The summed E-state index contributed by atoms with van der Waals surface area (Å²) in [6.07, 6.45) is 0.115. The van der Waals surface area contributed by atoms with Gasteiger partial charge >= 0.3 is 5.97 Å². The monoisotopic (exact) mass is 363 g/mol. The molecule has 0 saturated heterocycles. The number of carboxylic acids is 1. The van der Waals surface area contributed by atoms with Crippen molar-refractivity contribution in [2.24, 2.45) is 0 Å². The highest BCUT2D eigenvalue weighted by molar-refractivity contribution is 5.78. The van der Waals surface area contributed by atoms with Crippen LogP contribution in [0.25, 0.3) is 0 Å². The molecule has 1 heterocycles. The van der Waals surface area contributed by atoms with Crippen molar-refractivity contribution in [3.63, 3.8) is 0 Å². The van der Waals surface area contributed by atoms with E-state index in [0.29, 0.717) is 28.8 Å². The molecule has 1 unspecified atom stereocenters. The average Bonchev–Trinajstić information content (AvgIpc) is 3.03. The molecule has 26 heavy (non-hydrogen) atoms. The maximum absolute atomic E-state index is 12.2. The number of benzene rings is 1. The first-order valence-electron chi connectivity index (χ1n) is 7.95. The van der Waals surface area contributed by atoms with E-state index < -0.39 is 12.0 Å². The summed E-state index contributed by atoms with van der Waals surface area (Å²) < 4.78 is 15.4. The van der Waals surface area contributed by atoms with Gasteiger partial charge in [-0.2, -0.15) is 4.98 Å². The minimum atomic E-state index is -1.03. The first-order chi connectivity index (χ1) is 12.4. The van der Waals surface area contributed by atoms with Crippen molar-refractivity contribution < 1.29 is 28.7 Å². The number of carbonyl (C=O) groups excluding carboxylic acids is 1. The predicted octanol–water partition coefficient (Wildman–Crippen LogP) is 1.66. The first-order valence-corrected chi connectivity index (χ1v) is 7.95. The molecular weight excluding hydrogens is 342 g/mol. The van der Waals surface area contributed by atoms with Crippen LogP contribution in [-0.2, 0) is 16.0 Å². The molecule has 140 valence electrons. The SMILES string of the molecule is COc1ccc(C(CC(=O)O)NC(=O)CCc2nc(C)no2)cc1OC. The van der Waals surface area contributed by atoms with Gasteiger partial charge in [-0.25, -0.2) is 0 Å². The van der Waals surface area contributed by atoms with Crippen LogP contribution in [0.4, 0.5) is 0 Å². The number of nitrogens with zero attached hydrogens (tertiary/aromatic N) is 2. The smallest absolute Gasteiger partial charge is 0.305 e. The van der Waals surface area contributed by atoms with Crippen LogP contribution in [0.15, 0.2) is 22.7 Å². The van der Waals surface area contributed by atoms with E-state index in [9.17, 15) is 9.59 Å². The molecule has 9 nitrogen and oxygen atoms in total. The predicted molar refractivity (Wildman–Crippen MR) is 90.0 cm³/mol. The van der Waals surface area contributed by atoms with Crippen LogP contribution in [0.2, 0.25) is 0 Å². The number of methoxy groups -OCH3 is 2. The van der Waals surface area contributed by atoms with E-state index in [1.807, 2.05) is 0 Å². The second kappa shape index (κ2) is 8.84. The minimum absolute atomic E-state index is 0.102. The average molecular weight is 363 g/mol. The van der Waals surface area contributed by atoms with Gasteiger partial charge in [0.1, 0.15) is 0 Å². The Labute approximate surface area is 150 Å². The number of nitrogens with one attached hydrogen (secondary N) is 1. The van der Waals surface area contributed by atoms with Crippen molar-refractivity contribution >= 4 is 11.9 Å². The fourth-order valence-electron chi connectivity index (χ4n) is 2.42. The lowest BCUT2D eigenvalue weighted by Gasteiger charge is -2.19. The Hall–Kier alpha value is -3.10. The molecule has 1 aromatic heterocycles. The molecule has 2 rings (SSSR count). The van der Waals surface area contributed by atoms with Gasteiger partial charge in [-0.05, 0) is 24.6 Å². The summed E-state index contributed by atoms with van der Waals surface area (Å²) in [5.74, 6) is 0.479. The number of carboxylic acid groups (broad SMARTS) is 1. The second-order valence-corrected chi connectivity index (χ2v) is 5.57. The lowest BCUT2D eigenvalue weighted by molar-refractivity contribution is -0.137. The molecule has 0 aliphatic heterocycles. The molecule has 0 fully saturated rings. The topological polar surface area (TPSA) is 124 Å². The Bertz CT molecular complexity index is 774. The normalized spacial score (nSPS) is 11.7. The highest BCUT2D eigenvalue weighted by Gasteiger charge is 2.20. The number of ether oxygens (including phenoxy) is 2. The lowest BCUT2D eigenvalue weighted by atomic mass is 10.0. The summed E-state index contributed by atoms with van der Waals surface area (Å²) in [7, 11) is 2.99. The number of carbonyl (C=O) groups is 2. The fourth-order valence-corrected chi connectivity index (χ4v) is 2.42. The summed E-state index contributed by atoms with van der Waals surface area (Å²) in [5, 5.41) is 15.5. The minimum Gasteiger partial charge on any atom is -0.493 e. The van der Waals surface area contributed by atoms with E-state index in [4.69, 9.17) is 19.1 Å². The van der Waals surface area contributed by atoms with Gasteiger partial charge in [-0.15, -0.1) is 0 Å². The number of hydrogen-bond acceptors (Lipinski definition) is 7. The van der Waals surface area contributed by atoms with E-state index in [-0.39, 0.29) is 25.2 Å². The Morgan fingerprint density at radius 2 is 2.00 bits per heavy atom. The molecule has 0 saturated carbocycles. The molecule has 1 atom stereocenters. The van der Waals surface area contributed by atoms with E-state index in [1.54, 1.807) is 25.1 Å². The lowest BCUT2D eigenvalue weighted by Crippen LogP contribution is -2.30. The maximum Gasteiger partial charge on any atom is 0.305 e. The highest BCUT2D eigenvalue weighted by atomic mass is 16.5. The van der Waals surface area contributed by atoms with Crippen molar-refractivity contribution in [1.29, 1.82) is 0 Å². The quantitative estimate of drug-likeness (QED) is 0.689. The van der Waals surface area contributed by atoms with Crippen molar-refractivity contribution in [2.75, 3.05) is 14.2 Å².